The third-order valence-electron chi connectivity index (χ3n) is 3.22. The molecule has 1 heterocycles. The summed E-state index contributed by atoms with van der Waals surface area (Å²) in [5, 5.41) is 6.82. The molecule has 0 spiro atoms. The summed E-state index contributed by atoms with van der Waals surface area (Å²) in [4.78, 5) is 14.9. The van der Waals surface area contributed by atoms with Gasteiger partial charge >= 0.3 is 6.09 Å². The van der Waals surface area contributed by atoms with Crippen LogP contribution in [0.1, 0.15) is 5.56 Å². The van der Waals surface area contributed by atoms with Gasteiger partial charge in [0, 0.05) is 11.1 Å². The molecule has 0 saturated carbocycles. The Morgan fingerprint density at radius 2 is 2.05 bits per heavy atom. The largest absolute Gasteiger partial charge is 0.418 e. The number of hydrogen-bond acceptors (Lipinski definition) is 4. The van der Waals surface area contributed by atoms with E-state index in [2.05, 4.69) is 15.4 Å². The second-order valence-corrected chi connectivity index (χ2v) is 4.84. The maximum Gasteiger partial charge on any atom is 0.418 e. The number of amides is 1. The zero-order valence-electron chi connectivity index (χ0n) is 11.9. The molecule has 0 radical (unpaired) electrons. The van der Waals surface area contributed by atoms with Crippen LogP contribution in [-0.2, 0) is 0 Å². The van der Waals surface area contributed by atoms with Gasteiger partial charge in [0.1, 0.15) is 0 Å². The molecule has 3 aromatic rings. The number of para-hydroxylation sites is 1. The number of carbonyl (C=O) groups is 1. The Morgan fingerprint density at radius 3 is 2.82 bits per heavy atom. The molecule has 3 rings (SSSR count). The van der Waals surface area contributed by atoms with Gasteiger partial charge in [-0.2, -0.15) is 5.11 Å². The average Bonchev–Trinajstić information content (AvgIpc) is 2.83. The number of nitrogens with one attached hydrogen (secondary N) is 3. The highest BCUT2D eigenvalue weighted by Gasteiger charge is 2.15. The molecule has 0 fully saturated rings. The summed E-state index contributed by atoms with van der Waals surface area (Å²) in [6.45, 7) is 1.94. The number of rotatable bonds is 3. The molecular formula is C16H14N4O2. The second kappa shape index (κ2) is 5.69. The molecule has 0 aliphatic rings. The fourth-order valence-corrected chi connectivity index (χ4v) is 2.25. The smallest absolute Gasteiger partial charge is 0.391 e. The number of carbonyl (C=O) groups excluding carboxylic acids is 1. The molecule has 3 N–H and O–H groups in total. The Hall–Kier alpha value is -3.15. The zero-order valence-corrected chi connectivity index (χ0v) is 11.9. The number of hydrogen-bond donors (Lipinski definition) is 3. The van der Waals surface area contributed by atoms with Gasteiger partial charge in [0.15, 0.2) is 5.69 Å². The van der Waals surface area contributed by atoms with Gasteiger partial charge in [0.25, 0.3) is 0 Å². The molecule has 1 aromatic heterocycles. The number of anilines is 1. The van der Waals surface area contributed by atoms with Crippen molar-refractivity contribution in [3.8, 4) is 5.88 Å². The van der Waals surface area contributed by atoms with E-state index in [1.807, 2.05) is 49.4 Å². The number of ether oxygens (including phenoxy) is 1. The van der Waals surface area contributed by atoms with E-state index in [-0.39, 0.29) is 5.88 Å². The lowest BCUT2D eigenvalue weighted by Crippen LogP contribution is -2.16. The number of fused-ring (bicyclic) bond motifs is 1. The molecule has 0 aliphatic carbocycles. The molecule has 0 unspecified atom stereocenters. The van der Waals surface area contributed by atoms with Crippen LogP contribution in [0.3, 0.4) is 0 Å². The van der Waals surface area contributed by atoms with Gasteiger partial charge in [-0.05, 0) is 30.7 Å². The SMILES string of the molecule is Cc1cccc(NC(=O)Oc2[nH]c3ccccc3c2N=N)c1. The number of H-pyrrole nitrogens is 1. The maximum atomic E-state index is 12.0. The first-order valence-corrected chi connectivity index (χ1v) is 6.71. The number of aryl methyl sites for hydroxylation is 1. The first-order chi connectivity index (χ1) is 10.7. The Balaban J connectivity index is 1.83. The zero-order chi connectivity index (χ0) is 15.5. The Morgan fingerprint density at radius 1 is 1.23 bits per heavy atom. The van der Waals surface area contributed by atoms with Gasteiger partial charge in [-0.15, -0.1) is 0 Å². The average molecular weight is 294 g/mol. The third kappa shape index (κ3) is 2.67. The summed E-state index contributed by atoms with van der Waals surface area (Å²) < 4.78 is 5.25. The Bertz CT molecular complexity index is 854. The van der Waals surface area contributed by atoms with Gasteiger partial charge in [0.2, 0.25) is 5.88 Å². The van der Waals surface area contributed by atoms with Crippen molar-refractivity contribution in [2.24, 2.45) is 5.11 Å². The van der Waals surface area contributed by atoms with Gasteiger partial charge in [-0.1, -0.05) is 30.3 Å². The van der Waals surface area contributed by atoms with Crippen LogP contribution in [-0.4, -0.2) is 11.1 Å². The minimum Gasteiger partial charge on any atom is -0.391 e. The van der Waals surface area contributed by atoms with Crippen LogP contribution in [0, 0.1) is 12.5 Å². The normalized spacial score (nSPS) is 10.4. The highest BCUT2D eigenvalue weighted by atomic mass is 16.6. The number of nitrogens with zero attached hydrogens (tertiary/aromatic N) is 1. The lowest BCUT2D eigenvalue weighted by atomic mass is 10.2. The molecule has 6 heteroatoms. The predicted molar refractivity (Wildman–Crippen MR) is 83.9 cm³/mol. The van der Waals surface area contributed by atoms with Crippen LogP contribution in [0.2, 0.25) is 0 Å². The minimum atomic E-state index is -0.637. The fraction of sp³-hybridized carbons (Fsp3) is 0.0625. The third-order valence-corrected chi connectivity index (χ3v) is 3.22. The van der Waals surface area contributed by atoms with Gasteiger partial charge in [0.05, 0.1) is 5.52 Å². The standard InChI is InChI=1S/C16H14N4O2/c1-10-5-4-6-11(9-10)18-16(21)22-15-14(20-17)12-7-2-3-8-13(12)19-15/h2-9,17,19H,1H3,(H,18,21). The van der Waals surface area contributed by atoms with E-state index < -0.39 is 6.09 Å². The molecule has 0 atom stereocenters. The number of benzene rings is 2. The number of aromatic amines is 1. The quantitative estimate of drug-likeness (QED) is 0.608. The van der Waals surface area contributed by atoms with Crippen LogP contribution in [0.15, 0.2) is 53.6 Å². The van der Waals surface area contributed by atoms with Crippen molar-refractivity contribution in [3.05, 3.63) is 54.1 Å². The second-order valence-electron chi connectivity index (χ2n) is 4.84. The van der Waals surface area contributed by atoms with Crippen LogP contribution < -0.4 is 10.1 Å². The van der Waals surface area contributed by atoms with E-state index in [9.17, 15) is 4.79 Å². The van der Waals surface area contributed by atoms with Crippen molar-refractivity contribution in [3.63, 3.8) is 0 Å². The van der Waals surface area contributed by atoms with Crippen molar-refractivity contribution in [2.45, 2.75) is 6.92 Å². The van der Waals surface area contributed by atoms with Crippen molar-refractivity contribution in [2.75, 3.05) is 5.32 Å². The highest BCUT2D eigenvalue weighted by molar-refractivity contribution is 5.96. The molecule has 6 nitrogen and oxygen atoms in total. The predicted octanol–water partition coefficient (Wildman–Crippen LogP) is 4.75. The fourth-order valence-electron chi connectivity index (χ4n) is 2.25. The summed E-state index contributed by atoms with van der Waals surface area (Å²) in [7, 11) is 0. The molecule has 2 aromatic carbocycles. The van der Waals surface area contributed by atoms with Crippen LogP contribution >= 0.6 is 0 Å². The molecule has 0 saturated heterocycles. The van der Waals surface area contributed by atoms with Crippen molar-refractivity contribution in [1.29, 1.82) is 5.53 Å². The van der Waals surface area contributed by atoms with Gasteiger partial charge < -0.3 is 9.72 Å². The van der Waals surface area contributed by atoms with E-state index in [4.69, 9.17) is 10.3 Å². The summed E-state index contributed by atoms with van der Waals surface area (Å²) in [6.07, 6.45) is -0.637. The topological polar surface area (TPSA) is 90.3 Å². The minimum absolute atomic E-state index is 0.154. The summed E-state index contributed by atoms with van der Waals surface area (Å²) in [5.41, 5.74) is 10.0. The van der Waals surface area contributed by atoms with Crippen molar-refractivity contribution >= 4 is 28.4 Å². The lowest BCUT2D eigenvalue weighted by molar-refractivity contribution is 0.214. The molecule has 0 aliphatic heterocycles. The van der Waals surface area contributed by atoms with Gasteiger partial charge in [-0.3, -0.25) is 5.32 Å². The van der Waals surface area contributed by atoms with Crippen molar-refractivity contribution in [1.82, 2.24) is 4.98 Å². The van der Waals surface area contributed by atoms with Crippen molar-refractivity contribution < 1.29 is 9.53 Å². The van der Waals surface area contributed by atoms with E-state index in [1.165, 1.54) is 0 Å². The van der Waals surface area contributed by atoms with Crippen LogP contribution in [0.5, 0.6) is 5.88 Å². The Kier molecular flexibility index (Phi) is 3.57. The maximum absolute atomic E-state index is 12.0. The first kappa shape index (κ1) is 13.8. The van der Waals surface area contributed by atoms with Gasteiger partial charge in [-0.25, -0.2) is 10.3 Å². The summed E-state index contributed by atoms with van der Waals surface area (Å²) in [6, 6.07) is 14.7. The van der Waals surface area contributed by atoms with E-state index in [0.717, 1.165) is 16.5 Å². The summed E-state index contributed by atoms with van der Waals surface area (Å²) in [5.74, 6) is 0.154. The summed E-state index contributed by atoms with van der Waals surface area (Å²) >= 11 is 0. The lowest BCUT2D eigenvalue weighted by Gasteiger charge is -2.06. The first-order valence-electron chi connectivity index (χ1n) is 6.71. The molecular weight excluding hydrogens is 280 g/mol. The molecule has 22 heavy (non-hydrogen) atoms. The monoisotopic (exact) mass is 294 g/mol. The molecule has 0 bridgehead atoms. The highest BCUT2D eigenvalue weighted by Crippen LogP contribution is 2.35. The Labute approximate surface area is 126 Å². The van der Waals surface area contributed by atoms with E-state index in [1.54, 1.807) is 6.07 Å². The van der Waals surface area contributed by atoms with Crippen LogP contribution in [0.4, 0.5) is 16.2 Å². The van der Waals surface area contributed by atoms with Crippen LogP contribution in [0.25, 0.3) is 10.9 Å². The molecule has 110 valence electrons. The molecule has 1 amide bonds. The van der Waals surface area contributed by atoms with E-state index in [0.29, 0.717) is 11.4 Å². The number of aromatic nitrogens is 1. The van der Waals surface area contributed by atoms with E-state index >= 15 is 0 Å².